The fourth-order valence-corrected chi connectivity index (χ4v) is 2.57. The first-order valence-corrected chi connectivity index (χ1v) is 7.77. The van der Waals surface area contributed by atoms with Crippen LogP contribution in [0.1, 0.15) is 19.0 Å². The number of hydrogen-bond donors (Lipinski definition) is 1. The van der Waals surface area contributed by atoms with Crippen LogP contribution in [0.3, 0.4) is 0 Å². The molecule has 2 amide bonds. The molecule has 0 aromatic carbocycles. The summed E-state index contributed by atoms with van der Waals surface area (Å²) in [5, 5.41) is 2.80. The molecule has 0 aliphatic carbocycles. The van der Waals surface area contributed by atoms with Crippen molar-refractivity contribution in [2.75, 3.05) is 26.2 Å². The molecule has 1 unspecified atom stereocenters. The first-order chi connectivity index (χ1) is 11.0. The maximum Gasteiger partial charge on any atom is 0.250 e. The van der Waals surface area contributed by atoms with Gasteiger partial charge in [0.15, 0.2) is 0 Å². The Morgan fingerprint density at radius 2 is 2.17 bits per heavy atom. The van der Waals surface area contributed by atoms with Crippen LogP contribution in [0.15, 0.2) is 23.0 Å². The predicted octanol–water partition coefficient (Wildman–Crippen LogP) is -0.0897. The van der Waals surface area contributed by atoms with Gasteiger partial charge in [0.2, 0.25) is 11.8 Å². The molecule has 1 atom stereocenters. The number of carbonyl (C=O) groups is 2. The topological polar surface area (TPSA) is 80.6 Å². The standard InChI is InChI=1S/C16H23N3O4/c1-12-4-3-5-16(22)19(12)7-6-15(21)17-10-14-11-18(13(2)20)8-9-23-14/h3-5,14H,6-11H2,1-2H3,(H,17,21). The summed E-state index contributed by atoms with van der Waals surface area (Å²) < 4.78 is 7.12. The fourth-order valence-electron chi connectivity index (χ4n) is 2.57. The van der Waals surface area contributed by atoms with Gasteiger partial charge in [0.25, 0.3) is 5.56 Å². The van der Waals surface area contributed by atoms with Crippen molar-refractivity contribution in [3.05, 3.63) is 34.2 Å². The van der Waals surface area contributed by atoms with Crippen LogP contribution in [-0.4, -0.2) is 53.6 Å². The minimum atomic E-state index is -0.183. The number of nitrogens with zero attached hydrogens (tertiary/aromatic N) is 2. The zero-order chi connectivity index (χ0) is 16.8. The van der Waals surface area contributed by atoms with E-state index in [1.807, 2.05) is 13.0 Å². The van der Waals surface area contributed by atoms with Gasteiger partial charge >= 0.3 is 0 Å². The summed E-state index contributed by atoms with van der Waals surface area (Å²) >= 11 is 0. The average Bonchev–Trinajstić information content (AvgIpc) is 2.52. The summed E-state index contributed by atoms with van der Waals surface area (Å²) in [6.07, 6.45) is 0.0475. The summed E-state index contributed by atoms with van der Waals surface area (Å²) in [5.74, 6) is -0.118. The molecule has 7 nitrogen and oxygen atoms in total. The number of amides is 2. The Kier molecular flexibility index (Phi) is 5.92. The van der Waals surface area contributed by atoms with Gasteiger partial charge in [0.1, 0.15) is 0 Å². The molecule has 126 valence electrons. The number of hydrogen-bond acceptors (Lipinski definition) is 4. The first-order valence-electron chi connectivity index (χ1n) is 7.77. The van der Waals surface area contributed by atoms with E-state index in [1.54, 1.807) is 15.5 Å². The van der Waals surface area contributed by atoms with Gasteiger partial charge in [0, 0.05) is 51.3 Å². The highest BCUT2D eigenvalue weighted by Crippen LogP contribution is 2.04. The van der Waals surface area contributed by atoms with E-state index in [9.17, 15) is 14.4 Å². The van der Waals surface area contributed by atoms with Crippen LogP contribution in [0.25, 0.3) is 0 Å². The average molecular weight is 321 g/mol. The molecule has 7 heteroatoms. The number of morpholine rings is 1. The Hall–Kier alpha value is -2.15. The minimum Gasteiger partial charge on any atom is -0.373 e. The third kappa shape index (κ3) is 4.92. The molecule has 1 fully saturated rings. The van der Waals surface area contributed by atoms with Crippen molar-refractivity contribution in [2.24, 2.45) is 0 Å². The van der Waals surface area contributed by atoms with Crippen LogP contribution in [0, 0.1) is 6.92 Å². The van der Waals surface area contributed by atoms with Crippen LogP contribution in [0.4, 0.5) is 0 Å². The van der Waals surface area contributed by atoms with Gasteiger partial charge in [-0.05, 0) is 13.0 Å². The third-order valence-corrected chi connectivity index (χ3v) is 3.94. The molecule has 2 rings (SSSR count). The molecule has 0 bridgehead atoms. The van der Waals surface area contributed by atoms with Crippen molar-refractivity contribution in [3.8, 4) is 0 Å². The number of aryl methyl sites for hydroxylation is 1. The Bertz CT molecular complexity index is 626. The van der Waals surface area contributed by atoms with Gasteiger partial charge in [-0.15, -0.1) is 0 Å². The molecule has 1 aliphatic heterocycles. The Morgan fingerprint density at radius 3 is 2.87 bits per heavy atom. The number of nitrogens with one attached hydrogen (secondary N) is 1. The summed E-state index contributed by atoms with van der Waals surface area (Å²) in [6.45, 7) is 5.65. The Balaban J connectivity index is 1.77. The smallest absolute Gasteiger partial charge is 0.250 e. The van der Waals surface area contributed by atoms with Crippen LogP contribution in [0.2, 0.25) is 0 Å². The van der Waals surface area contributed by atoms with E-state index in [2.05, 4.69) is 5.32 Å². The van der Waals surface area contributed by atoms with Crippen molar-refractivity contribution in [2.45, 2.75) is 32.9 Å². The summed E-state index contributed by atoms with van der Waals surface area (Å²) in [4.78, 5) is 36.7. The highest BCUT2D eigenvalue weighted by Gasteiger charge is 2.22. The lowest BCUT2D eigenvalue weighted by molar-refractivity contribution is -0.136. The van der Waals surface area contributed by atoms with Crippen molar-refractivity contribution in [3.63, 3.8) is 0 Å². The van der Waals surface area contributed by atoms with Crippen molar-refractivity contribution in [1.29, 1.82) is 0 Å². The Morgan fingerprint density at radius 1 is 1.39 bits per heavy atom. The number of carbonyl (C=O) groups excluding carboxylic acids is 2. The lowest BCUT2D eigenvalue weighted by atomic mass is 10.2. The van der Waals surface area contributed by atoms with Gasteiger partial charge in [0.05, 0.1) is 12.7 Å². The van der Waals surface area contributed by atoms with Gasteiger partial charge < -0.3 is 19.5 Å². The highest BCUT2D eigenvalue weighted by atomic mass is 16.5. The quantitative estimate of drug-likeness (QED) is 0.822. The monoisotopic (exact) mass is 321 g/mol. The van der Waals surface area contributed by atoms with E-state index < -0.39 is 0 Å². The molecule has 2 heterocycles. The van der Waals surface area contributed by atoms with Crippen LogP contribution in [0.5, 0.6) is 0 Å². The zero-order valence-corrected chi connectivity index (χ0v) is 13.6. The van der Waals surface area contributed by atoms with Gasteiger partial charge in [-0.25, -0.2) is 0 Å². The summed E-state index contributed by atoms with van der Waals surface area (Å²) in [6, 6.07) is 5.03. The second-order valence-electron chi connectivity index (χ2n) is 5.67. The van der Waals surface area contributed by atoms with Gasteiger partial charge in [-0.2, -0.15) is 0 Å². The van der Waals surface area contributed by atoms with Crippen LogP contribution in [-0.2, 0) is 20.9 Å². The Labute approximate surface area is 135 Å². The van der Waals surface area contributed by atoms with E-state index in [-0.39, 0.29) is 29.9 Å². The SMILES string of the molecule is CC(=O)N1CCOC(CNC(=O)CCn2c(C)cccc2=O)C1. The molecule has 1 saturated heterocycles. The van der Waals surface area contributed by atoms with E-state index in [0.717, 1.165) is 5.69 Å². The van der Waals surface area contributed by atoms with E-state index in [0.29, 0.717) is 32.8 Å². The zero-order valence-electron chi connectivity index (χ0n) is 13.6. The number of rotatable bonds is 5. The van der Waals surface area contributed by atoms with Crippen LogP contribution >= 0.6 is 0 Å². The van der Waals surface area contributed by atoms with Gasteiger partial charge in [-0.1, -0.05) is 6.07 Å². The normalized spacial score (nSPS) is 17.8. The molecule has 0 radical (unpaired) electrons. The number of aromatic nitrogens is 1. The number of ether oxygens (including phenoxy) is 1. The molecule has 1 aromatic heterocycles. The molecule has 23 heavy (non-hydrogen) atoms. The molecule has 0 saturated carbocycles. The molecular formula is C16H23N3O4. The highest BCUT2D eigenvalue weighted by molar-refractivity contribution is 5.76. The van der Waals surface area contributed by atoms with E-state index in [1.165, 1.54) is 13.0 Å². The summed E-state index contributed by atoms with van der Waals surface area (Å²) in [7, 11) is 0. The molecule has 1 aliphatic rings. The lowest BCUT2D eigenvalue weighted by Gasteiger charge is -2.32. The van der Waals surface area contributed by atoms with E-state index in [4.69, 9.17) is 4.74 Å². The van der Waals surface area contributed by atoms with Crippen LogP contribution < -0.4 is 10.9 Å². The largest absolute Gasteiger partial charge is 0.373 e. The minimum absolute atomic E-state index is 0.0172. The third-order valence-electron chi connectivity index (χ3n) is 3.94. The number of pyridine rings is 1. The van der Waals surface area contributed by atoms with Crippen molar-refractivity contribution >= 4 is 11.8 Å². The molecular weight excluding hydrogens is 298 g/mol. The molecule has 1 aromatic rings. The maximum absolute atomic E-state index is 11.9. The van der Waals surface area contributed by atoms with E-state index >= 15 is 0 Å². The first kappa shape index (κ1) is 17.2. The van der Waals surface area contributed by atoms with Crippen molar-refractivity contribution < 1.29 is 14.3 Å². The summed E-state index contributed by atoms with van der Waals surface area (Å²) in [5.41, 5.74) is 0.725. The predicted molar refractivity (Wildman–Crippen MR) is 85.1 cm³/mol. The second kappa shape index (κ2) is 7.92. The van der Waals surface area contributed by atoms with Gasteiger partial charge in [-0.3, -0.25) is 14.4 Å². The molecule has 1 N–H and O–H groups in total. The fraction of sp³-hybridized carbons (Fsp3) is 0.562. The lowest BCUT2D eigenvalue weighted by Crippen LogP contribution is -2.49. The van der Waals surface area contributed by atoms with Crippen molar-refractivity contribution in [1.82, 2.24) is 14.8 Å². The maximum atomic E-state index is 11.9. The second-order valence-corrected chi connectivity index (χ2v) is 5.67. The molecule has 0 spiro atoms.